The summed E-state index contributed by atoms with van der Waals surface area (Å²) in [6.07, 6.45) is -4.80. The Labute approximate surface area is 110 Å². The number of carboxylic acid groups (broad SMARTS) is 1. The summed E-state index contributed by atoms with van der Waals surface area (Å²) in [4.78, 5) is 22.3. The number of rotatable bonds is 4. The Hall–Kier alpha value is -2.32. The van der Waals surface area contributed by atoms with E-state index in [1.54, 1.807) is 0 Å². The number of aliphatic carboxylic acids is 1. The first kappa shape index (κ1) is 15.7. The summed E-state index contributed by atoms with van der Waals surface area (Å²) in [5.74, 6) is -4.77. The molecule has 110 valence electrons. The average molecular weight is 295 g/mol. The molecule has 0 aromatic heterocycles. The first-order valence-electron chi connectivity index (χ1n) is 5.16. The fourth-order valence-corrected chi connectivity index (χ4v) is 1.44. The van der Waals surface area contributed by atoms with Crippen LogP contribution >= 0.6 is 0 Å². The van der Waals surface area contributed by atoms with Gasteiger partial charge in [-0.05, 0) is 12.1 Å². The van der Waals surface area contributed by atoms with Crippen LogP contribution in [-0.4, -0.2) is 46.3 Å². The van der Waals surface area contributed by atoms with E-state index in [4.69, 9.17) is 5.11 Å². The maximum absolute atomic E-state index is 12.7. The topological polar surface area (TPSA) is 77.8 Å². The SMILES string of the molecule is O=C(O)CN(CC(F)(F)F)C(=O)c1ccc(F)cc1O. The molecule has 5 nitrogen and oxygen atoms in total. The predicted molar refractivity (Wildman–Crippen MR) is 57.7 cm³/mol. The second-order valence-corrected chi connectivity index (χ2v) is 3.83. The van der Waals surface area contributed by atoms with E-state index >= 15 is 0 Å². The molecule has 20 heavy (non-hydrogen) atoms. The number of halogens is 4. The maximum Gasteiger partial charge on any atom is 0.406 e. The molecule has 0 saturated heterocycles. The normalized spacial score (nSPS) is 11.2. The molecule has 0 saturated carbocycles. The van der Waals surface area contributed by atoms with Gasteiger partial charge in [-0.25, -0.2) is 4.39 Å². The third kappa shape index (κ3) is 4.41. The summed E-state index contributed by atoms with van der Waals surface area (Å²) in [6.45, 7) is -3.00. The van der Waals surface area contributed by atoms with E-state index in [0.29, 0.717) is 6.07 Å². The van der Waals surface area contributed by atoms with Crippen LogP contribution in [0.3, 0.4) is 0 Å². The van der Waals surface area contributed by atoms with Gasteiger partial charge in [-0.15, -0.1) is 0 Å². The van der Waals surface area contributed by atoms with Crippen LogP contribution in [0.5, 0.6) is 5.75 Å². The van der Waals surface area contributed by atoms with E-state index in [1.807, 2.05) is 0 Å². The lowest BCUT2D eigenvalue weighted by molar-refractivity contribution is -0.149. The molecular weight excluding hydrogens is 286 g/mol. The summed E-state index contributed by atoms with van der Waals surface area (Å²) < 4.78 is 49.6. The smallest absolute Gasteiger partial charge is 0.406 e. The monoisotopic (exact) mass is 295 g/mol. The second kappa shape index (κ2) is 5.76. The zero-order valence-electron chi connectivity index (χ0n) is 9.82. The van der Waals surface area contributed by atoms with Gasteiger partial charge in [0.05, 0.1) is 5.56 Å². The molecule has 2 N–H and O–H groups in total. The van der Waals surface area contributed by atoms with Gasteiger partial charge >= 0.3 is 12.1 Å². The van der Waals surface area contributed by atoms with Crippen molar-refractivity contribution in [2.24, 2.45) is 0 Å². The lowest BCUT2D eigenvalue weighted by atomic mass is 10.1. The van der Waals surface area contributed by atoms with Crippen molar-refractivity contribution in [1.29, 1.82) is 0 Å². The van der Waals surface area contributed by atoms with Crippen molar-refractivity contribution < 1.29 is 37.4 Å². The molecule has 0 aliphatic heterocycles. The fraction of sp³-hybridized carbons (Fsp3) is 0.273. The Balaban J connectivity index is 3.06. The number of carboxylic acids is 1. The van der Waals surface area contributed by atoms with Crippen molar-refractivity contribution in [2.45, 2.75) is 6.18 Å². The van der Waals surface area contributed by atoms with Crippen molar-refractivity contribution in [3.63, 3.8) is 0 Å². The molecule has 9 heteroatoms. The minimum atomic E-state index is -4.80. The van der Waals surface area contributed by atoms with Crippen molar-refractivity contribution in [2.75, 3.05) is 13.1 Å². The van der Waals surface area contributed by atoms with E-state index in [0.717, 1.165) is 12.1 Å². The molecule has 0 fully saturated rings. The molecule has 0 aliphatic carbocycles. The number of hydrogen-bond donors (Lipinski definition) is 2. The number of hydrogen-bond acceptors (Lipinski definition) is 3. The Morgan fingerprint density at radius 2 is 1.85 bits per heavy atom. The van der Waals surface area contributed by atoms with E-state index in [-0.39, 0.29) is 4.90 Å². The number of amides is 1. The van der Waals surface area contributed by atoms with Crippen LogP contribution < -0.4 is 0 Å². The lowest BCUT2D eigenvalue weighted by Crippen LogP contribution is -2.42. The molecule has 0 aliphatic rings. The van der Waals surface area contributed by atoms with Crippen LogP contribution in [0.1, 0.15) is 10.4 Å². The van der Waals surface area contributed by atoms with Crippen molar-refractivity contribution in [1.82, 2.24) is 4.90 Å². The molecule has 0 spiro atoms. The number of carbonyl (C=O) groups excluding carboxylic acids is 1. The average Bonchev–Trinajstić information content (AvgIpc) is 2.24. The summed E-state index contributed by atoms with van der Waals surface area (Å²) in [7, 11) is 0. The van der Waals surface area contributed by atoms with E-state index in [2.05, 4.69) is 0 Å². The number of phenolic OH excluding ortho intramolecular Hbond substituents is 1. The van der Waals surface area contributed by atoms with Crippen molar-refractivity contribution in [3.8, 4) is 5.75 Å². The summed E-state index contributed by atoms with van der Waals surface area (Å²) in [5, 5.41) is 17.8. The summed E-state index contributed by atoms with van der Waals surface area (Å²) >= 11 is 0. The Morgan fingerprint density at radius 3 is 2.30 bits per heavy atom. The van der Waals surface area contributed by atoms with Gasteiger partial charge in [0.25, 0.3) is 5.91 Å². The largest absolute Gasteiger partial charge is 0.507 e. The Bertz CT molecular complexity index is 530. The van der Waals surface area contributed by atoms with Crippen LogP contribution in [0.25, 0.3) is 0 Å². The minimum absolute atomic E-state index is 0.00467. The number of alkyl halides is 3. The zero-order valence-corrected chi connectivity index (χ0v) is 9.82. The van der Waals surface area contributed by atoms with Crippen LogP contribution in [0.4, 0.5) is 17.6 Å². The van der Waals surface area contributed by atoms with Gasteiger partial charge in [0, 0.05) is 6.07 Å². The Morgan fingerprint density at radius 1 is 1.25 bits per heavy atom. The zero-order chi connectivity index (χ0) is 15.5. The van der Waals surface area contributed by atoms with Gasteiger partial charge in [-0.3, -0.25) is 9.59 Å². The van der Waals surface area contributed by atoms with Gasteiger partial charge in [-0.2, -0.15) is 13.2 Å². The van der Waals surface area contributed by atoms with Gasteiger partial charge in [0.1, 0.15) is 24.7 Å². The highest BCUT2D eigenvalue weighted by Crippen LogP contribution is 2.23. The molecular formula is C11H9F4NO4. The summed E-state index contributed by atoms with van der Waals surface area (Å²) in [6, 6.07) is 2.08. The lowest BCUT2D eigenvalue weighted by Gasteiger charge is -2.22. The number of aromatic hydroxyl groups is 1. The van der Waals surface area contributed by atoms with Gasteiger partial charge in [0.2, 0.25) is 0 Å². The number of benzene rings is 1. The molecule has 0 radical (unpaired) electrons. The van der Waals surface area contributed by atoms with E-state index in [1.165, 1.54) is 0 Å². The molecule has 1 rings (SSSR count). The maximum atomic E-state index is 12.7. The molecule has 1 aromatic carbocycles. The number of phenols is 1. The Kier molecular flexibility index (Phi) is 4.53. The predicted octanol–water partition coefficient (Wildman–Crippen LogP) is 1.62. The highest BCUT2D eigenvalue weighted by Gasteiger charge is 2.35. The number of carbonyl (C=O) groups is 2. The summed E-state index contributed by atoms with van der Waals surface area (Å²) in [5.41, 5.74) is -0.614. The highest BCUT2D eigenvalue weighted by molar-refractivity contribution is 5.98. The fourth-order valence-electron chi connectivity index (χ4n) is 1.44. The molecule has 0 heterocycles. The molecule has 0 bridgehead atoms. The van der Waals surface area contributed by atoms with Crippen LogP contribution in [0, 0.1) is 5.82 Å². The third-order valence-electron chi connectivity index (χ3n) is 2.17. The van der Waals surface area contributed by atoms with Crippen LogP contribution in [0.2, 0.25) is 0 Å². The molecule has 0 unspecified atom stereocenters. The van der Waals surface area contributed by atoms with Gasteiger partial charge in [0.15, 0.2) is 0 Å². The molecule has 1 amide bonds. The van der Waals surface area contributed by atoms with Crippen molar-refractivity contribution in [3.05, 3.63) is 29.6 Å². The third-order valence-corrected chi connectivity index (χ3v) is 2.17. The van der Waals surface area contributed by atoms with Gasteiger partial charge in [-0.1, -0.05) is 0 Å². The van der Waals surface area contributed by atoms with E-state index in [9.17, 15) is 32.3 Å². The number of nitrogens with zero attached hydrogens (tertiary/aromatic N) is 1. The minimum Gasteiger partial charge on any atom is -0.507 e. The molecule has 1 aromatic rings. The molecule has 0 atom stereocenters. The quantitative estimate of drug-likeness (QED) is 0.827. The van der Waals surface area contributed by atoms with Crippen LogP contribution in [-0.2, 0) is 4.79 Å². The second-order valence-electron chi connectivity index (χ2n) is 3.83. The van der Waals surface area contributed by atoms with E-state index < -0.39 is 48.3 Å². The highest BCUT2D eigenvalue weighted by atomic mass is 19.4. The van der Waals surface area contributed by atoms with Crippen molar-refractivity contribution >= 4 is 11.9 Å². The van der Waals surface area contributed by atoms with Crippen LogP contribution in [0.15, 0.2) is 18.2 Å². The standard InChI is InChI=1S/C11H9F4NO4/c12-6-1-2-7(8(17)3-6)10(20)16(4-9(18)19)5-11(13,14)15/h1-3,17H,4-5H2,(H,18,19). The first-order chi connectivity index (χ1) is 9.10. The van der Waals surface area contributed by atoms with Gasteiger partial charge < -0.3 is 15.1 Å². The first-order valence-corrected chi connectivity index (χ1v) is 5.16.